The molecule has 2 N–H and O–H groups in total. The maximum Gasteiger partial charge on any atom is 0.274 e. The van der Waals surface area contributed by atoms with Gasteiger partial charge in [-0.25, -0.2) is 8.78 Å². The Morgan fingerprint density at radius 3 is 2.31 bits per heavy atom. The third-order valence-electron chi connectivity index (χ3n) is 4.90. The van der Waals surface area contributed by atoms with E-state index in [0.29, 0.717) is 8.95 Å². The van der Waals surface area contributed by atoms with Gasteiger partial charge in [0.05, 0.1) is 33.7 Å². The summed E-state index contributed by atoms with van der Waals surface area (Å²) in [5.74, 6) is -2.44. The number of nitrogens with zero attached hydrogens (tertiary/aromatic N) is 3. The van der Waals surface area contributed by atoms with Gasteiger partial charge in [-0.3, -0.25) is 9.36 Å². The Labute approximate surface area is 200 Å². The minimum atomic E-state index is -1.09. The molecule has 0 aliphatic carbocycles. The number of thiazole rings is 1. The van der Waals surface area contributed by atoms with Crippen LogP contribution in [0.1, 0.15) is 17.0 Å². The monoisotopic (exact) mass is 574 g/mol. The smallest absolute Gasteiger partial charge is 0.274 e. The van der Waals surface area contributed by atoms with Crippen LogP contribution >= 0.6 is 43.2 Å². The fraction of sp³-hybridized carbons (Fsp3) is 0.0455. The summed E-state index contributed by atoms with van der Waals surface area (Å²) in [4.78, 5) is 13.1. The molecular formula is C22H10Br2F2N4OS. The number of aromatic nitrogens is 1. The summed E-state index contributed by atoms with van der Waals surface area (Å²) in [7, 11) is 0. The number of nitriles is 2. The fourth-order valence-electron chi connectivity index (χ4n) is 3.46. The summed E-state index contributed by atoms with van der Waals surface area (Å²) < 4.78 is 31.4. The van der Waals surface area contributed by atoms with Crippen LogP contribution < -0.4 is 20.5 Å². The Bertz CT molecular complexity index is 1590. The molecule has 10 heteroatoms. The number of hydrogen-bond donors (Lipinski definition) is 1. The van der Waals surface area contributed by atoms with Crippen molar-refractivity contribution >= 4 is 60.7 Å². The number of nitrogens with two attached hydrogens (primary N) is 1. The molecule has 4 rings (SSSR count). The van der Waals surface area contributed by atoms with Crippen molar-refractivity contribution in [1.29, 1.82) is 10.5 Å². The highest BCUT2D eigenvalue weighted by atomic mass is 79.9. The first kappa shape index (κ1) is 22.2. The lowest BCUT2D eigenvalue weighted by molar-refractivity contribution is 0.608. The Balaban J connectivity index is 2.10. The largest absolute Gasteiger partial charge is 0.384 e. The predicted octanol–water partition coefficient (Wildman–Crippen LogP) is 3.66. The maximum absolute atomic E-state index is 14.7. The molecule has 32 heavy (non-hydrogen) atoms. The van der Waals surface area contributed by atoms with Gasteiger partial charge in [-0.05, 0) is 42.5 Å². The Kier molecular flexibility index (Phi) is 5.87. The van der Waals surface area contributed by atoms with Crippen LogP contribution in [0.25, 0.3) is 17.5 Å². The lowest BCUT2D eigenvalue weighted by atomic mass is 9.84. The molecule has 2 heterocycles. The van der Waals surface area contributed by atoms with Gasteiger partial charge in [0.15, 0.2) is 0 Å². The number of fused-ring (bicyclic) bond motifs is 1. The van der Waals surface area contributed by atoms with Gasteiger partial charge in [-0.1, -0.05) is 31.9 Å². The van der Waals surface area contributed by atoms with E-state index in [9.17, 15) is 24.1 Å². The van der Waals surface area contributed by atoms with Gasteiger partial charge >= 0.3 is 0 Å². The van der Waals surface area contributed by atoms with Crippen LogP contribution in [0, 0.1) is 34.3 Å². The summed E-state index contributed by atoms with van der Waals surface area (Å²) in [6.45, 7) is 0. The molecule has 1 aliphatic heterocycles. The van der Waals surface area contributed by atoms with E-state index in [1.54, 1.807) is 0 Å². The second-order valence-electron chi connectivity index (χ2n) is 6.76. The SMILES string of the molecule is N#CC1=C(N)n2c(s/c(=C/c3cc(Br)ccc3F)c2=O)=C(C#N)[C@H]1c1cc(Br)ccc1F. The first-order chi connectivity index (χ1) is 15.3. The van der Waals surface area contributed by atoms with Gasteiger partial charge in [-0.2, -0.15) is 10.5 Å². The summed E-state index contributed by atoms with van der Waals surface area (Å²) in [5, 5.41) is 19.7. The molecular weight excluding hydrogens is 566 g/mol. The van der Waals surface area contributed by atoms with Gasteiger partial charge in [0, 0.05) is 20.1 Å². The summed E-state index contributed by atoms with van der Waals surface area (Å²) in [6.07, 6.45) is 1.35. The molecule has 1 aromatic heterocycles. The topological polar surface area (TPSA) is 95.6 Å². The number of benzene rings is 2. The zero-order chi connectivity index (χ0) is 23.2. The second-order valence-corrected chi connectivity index (χ2v) is 9.62. The Hall–Kier alpha value is -3.05. The van der Waals surface area contributed by atoms with Crippen molar-refractivity contribution in [2.45, 2.75) is 5.92 Å². The van der Waals surface area contributed by atoms with Crippen LogP contribution in [-0.2, 0) is 0 Å². The van der Waals surface area contributed by atoms with Crippen LogP contribution in [0.2, 0.25) is 0 Å². The predicted molar refractivity (Wildman–Crippen MR) is 124 cm³/mol. The molecule has 0 fully saturated rings. The molecule has 0 radical (unpaired) electrons. The van der Waals surface area contributed by atoms with E-state index in [2.05, 4.69) is 31.9 Å². The van der Waals surface area contributed by atoms with E-state index in [0.717, 1.165) is 15.9 Å². The first-order valence-electron chi connectivity index (χ1n) is 8.94. The standard InChI is InChI=1S/C22H10Br2F2N4OS/c23-11-1-3-16(25)10(5-11)6-18-21(31)30-20(29)14(8-27)19(15(9-28)22(30)32-18)13-7-12(24)2-4-17(13)26/h1-7,19H,29H2/b18-6+/t19-/m0/s1. The van der Waals surface area contributed by atoms with E-state index in [-0.39, 0.29) is 37.3 Å². The van der Waals surface area contributed by atoms with Crippen molar-refractivity contribution in [2.75, 3.05) is 0 Å². The number of hydrogen-bond acceptors (Lipinski definition) is 5. The van der Waals surface area contributed by atoms with E-state index in [1.807, 2.05) is 12.1 Å². The maximum atomic E-state index is 14.7. The molecule has 2 aromatic carbocycles. The molecule has 5 nitrogen and oxygen atoms in total. The highest BCUT2D eigenvalue weighted by Crippen LogP contribution is 2.37. The normalized spacial score (nSPS) is 16.0. The van der Waals surface area contributed by atoms with Crippen molar-refractivity contribution in [3.8, 4) is 12.1 Å². The Morgan fingerprint density at radius 1 is 1.03 bits per heavy atom. The van der Waals surface area contributed by atoms with E-state index >= 15 is 0 Å². The van der Waals surface area contributed by atoms with Crippen LogP contribution in [0.15, 0.2) is 55.7 Å². The van der Waals surface area contributed by atoms with E-state index in [4.69, 9.17) is 5.73 Å². The molecule has 0 amide bonds. The van der Waals surface area contributed by atoms with Gasteiger partial charge < -0.3 is 5.73 Å². The van der Waals surface area contributed by atoms with Crippen LogP contribution in [0.5, 0.6) is 0 Å². The summed E-state index contributed by atoms with van der Waals surface area (Å²) in [6, 6.07) is 12.4. The van der Waals surface area contributed by atoms with Crippen molar-refractivity contribution < 1.29 is 8.78 Å². The molecule has 0 bridgehead atoms. The number of rotatable bonds is 2. The zero-order valence-electron chi connectivity index (χ0n) is 15.9. The quantitative estimate of drug-likeness (QED) is 0.504. The van der Waals surface area contributed by atoms with Gasteiger partial charge in [0.1, 0.15) is 22.1 Å². The van der Waals surface area contributed by atoms with Gasteiger partial charge in [0.2, 0.25) is 0 Å². The third kappa shape index (κ3) is 3.61. The lowest BCUT2D eigenvalue weighted by Crippen LogP contribution is -2.38. The van der Waals surface area contributed by atoms with Gasteiger partial charge in [-0.15, -0.1) is 11.3 Å². The summed E-state index contributed by atoms with van der Waals surface area (Å²) in [5.41, 5.74) is 5.69. The highest BCUT2D eigenvalue weighted by Gasteiger charge is 2.33. The highest BCUT2D eigenvalue weighted by molar-refractivity contribution is 9.10. The van der Waals surface area contributed by atoms with Crippen molar-refractivity contribution in [2.24, 2.45) is 5.73 Å². The molecule has 0 saturated heterocycles. The Morgan fingerprint density at radius 2 is 1.66 bits per heavy atom. The fourth-order valence-corrected chi connectivity index (χ4v) is 5.34. The first-order valence-corrected chi connectivity index (χ1v) is 11.3. The van der Waals surface area contributed by atoms with E-state index in [1.165, 1.54) is 42.5 Å². The molecule has 1 aliphatic rings. The second kappa shape index (κ2) is 8.47. The van der Waals surface area contributed by atoms with Crippen molar-refractivity contribution in [3.63, 3.8) is 0 Å². The lowest BCUT2D eigenvalue weighted by Gasteiger charge is -2.22. The van der Waals surface area contributed by atoms with Crippen LogP contribution in [-0.4, -0.2) is 4.57 Å². The molecule has 158 valence electrons. The minimum absolute atomic E-state index is 0.00390. The van der Waals surface area contributed by atoms with Crippen LogP contribution in [0.3, 0.4) is 0 Å². The third-order valence-corrected chi connectivity index (χ3v) is 7.00. The number of allylic oxidation sites excluding steroid dienone is 1. The molecule has 1 atom stereocenters. The van der Waals surface area contributed by atoms with E-state index < -0.39 is 23.1 Å². The molecule has 0 spiro atoms. The average Bonchev–Trinajstić information content (AvgIpc) is 3.08. The van der Waals surface area contributed by atoms with Crippen molar-refractivity contribution in [3.05, 3.63) is 93.2 Å². The minimum Gasteiger partial charge on any atom is -0.384 e. The molecule has 0 saturated carbocycles. The number of halogens is 4. The van der Waals surface area contributed by atoms with Crippen LogP contribution in [0.4, 0.5) is 8.78 Å². The van der Waals surface area contributed by atoms with Crippen molar-refractivity contribution in [1.82, 2.24) is 4.57 Å². The zero-order valence-corrected chi connectivity index (χ0v) is 19.9. The average molecular weight is 576 g/mol. The molecule has 3 aromatic rings. The van der Waals surface area contributed by atoms with Gasteiger partial charge in [0.25, 0.3) is 5.56 Å². The molecule has 0 unspecified atom stereocenters. The summed E-state index contributed by atoms with van der Waals surface area (Å²) >= 11 is 7.46.